The Balaban J connectivity index is 2.06. The van der Waals surface area contributed by atoms with Gasteiger partial charge in [0.2, 0.25) is 0 Å². The average Bonchev–Trinajstić information content (AvgIpc) is 2.39. The minimum atomic E-state index is 0.188. The van der Waals surface area contributed by atoms with Gasteiger partial charge in [0.15, 0.2) is 0 Å². The Morgan fingerprint density at radius 2 is 2.24 bits per heavy atom. The molecule has 0 fully saturated rings. The van der Waals surface area contributed by atoms with Gasteiger partial charge in [-0.1, -0.05) is 12.1 Å². The molecule has 0 amide bonds. The Hall–Kier alpha value is -1.87. The zero-order chi connectivity index (χ0) is 11.7. The number of nitrogens with zero attached hydrogens (tertiary/aromatic N) is 1. The second-order valence-electron chi connectivity index (χ2n) is 4.31. The van der Waals surface area contributed by atoms with Gasteiger partial charge < -0.3 is 10.4 Å². The van der Waals surface area contributed by atoms with Gasteiger partial charge in [-0.3, -0.25) is 4.98 Å². The number of nitrogens with one attached hydrogen (secondary N) is 1. The van der Waals surface area contributed by atoms with Crippen LogP contribution in [0.4, 0.5) is 0 Å². The molecule has 2 heterocycles. The van der Waals surface area contributed by atoms with Crippen molar-refractivity contribution in [3.63, 3.8) is 0 Å². The molecule has 3 nitrogen and oxygen atoms in total. The van der Waals surface area contributed by atoms with E-state index in [2.05, 4.69) is 16.4 Å². The van der Waals surface area contributed by atoms with Crippen molar-refractivity contribution in [2.24, 2.45) is 0 Å². The summed E-state index contributed by atoms with van der Waals surface area (Å²) in [6.07, 6.45) is 4.63. The van der Waals surface area contributed by atoms with Gasteiger partial charge >= 0.3 is 0 Å². The van der Waals surface area contributed by atoms with Gasteiger partial charge in [-0.2, -0.15) is 0 Å². The number of hydrogen-bond donors (Lipinski definition) is 2. The standard InChI is InChI=1S/C14H14N2O/c17-12-3-4-13-10(8-12)5-7-16-14(13)11-2-1-6-15-9-11/h1-4,6,8-9,14,16-17H,5,7H2/t14-/m0/s1. The summed E-state index contributed by atoms with van der Waals surface area (Å²) >= 11 is 0. The molecule has 1 aromatic carbocycles. The predicted octanol–water partition coefficient (Wildman–Crippen LogP) is 2.02. The largest absolute Gasteiger partial charge is 0.508 e. The monoisotopic (exact) mass is 226 g/mol. The van der Waals surface area contributed by atoms with E-state index in [1.54, 1.807) is 12.3 Å². The minimum absolute atomic E-state index is 0.188. The summed E-state index contributed by atoms with van der Waals surface area (Å²) in [6.45, 7) is 0.927. The summed E-state index contributed by atoms with van der Waals surface area (Å²) in [5, 5.41) is 13.0. The molecule has 0 spiro atoms. The molecular formula is C14H14N2O. The molecule has 86 valence electrons. The Morgan fingerprint density at radius 1 is 1.29 bits per heavy atom. The quantitative estimate of drug-likeness (QED) is 0.782. The van der Waals surface area contributed by atoms with Crippen LogP contribution in [0, 0.1) is 0 Å². The van der Waals surface area contributed by atoms with Gasteiger partial charge in [0.25, 0.3) is 0 Å². The fourth-order valence-corrected chi connectivity index (χ4v) is 2.40. The maximum Gasteiger partial charge on any atom is 0.115 e. The van der Waals surface area contributed by atoms with Crippen molar-refractivity contribution >= 4 is 0 Å². The van der Waals surface area contributed by atoms with Crippen LogP contribution in [0.2, 0.25) is 0 Å². The van der Waals surface area contributed by atoms with Gasteiger partial charge in [0, 0.05) is 18.9 Å². The lowest BCUT2D eigenvalue weighted by Gasteiger charge is -2.27. The van der Waals surface area contributed by atoms with E-state index in [1.807, 2.05) is 24.4 Å². The van der Waals surface area contributed by atoms with Crippen molar-refractivity contribution in [3.05, 3.63) is 59.4 Å². The van der Waals surface area contributed by atoms with Gasteiger partial charge in [-0.15, -0.1) is 0 Å². The summed E-state index contributed by atoms with van der Waals surface area (Å²) in [6, 6.07) is 9.81. The van der Waals surface area contributed by atoms with Crippen molar-refractivity contribution in [3.8, 4) is 5.75 Å². The van der Waals surface area contributed by atoms with Crippen molar-refractivity contribution < 1.29 is 5.11 Å². The Morgan fingerprint density at radius 3 is 3.06 bits per heavy atom. The maximum atomic E-state index is 9.51. The van der Waals surface area contributed by atoms with Crippen LogP contribution in [0.15, 0.2) is 42.7 Å². The third-order valence-corrected chi connectivity index (χ3v) is 3.20. The molecule has 0 bridgehead atoms. The first-order valence-electron chi connectivity index (χ1n) is 5.80. The number of phenolic OH excluding ortho intramolecular Hbond substituents is 1. The summed E-state index contributed by atoms with van der Waals surface area (Å²) in [5.41, 5.74) is 3.62. The molecule has 0 saturated heterocycles. The van der Waals surface area contributed by atoms with Crippen molar-refractivity contribution in [1.82, 2.24) is 10.3 Å². The molecule has 1 aliphatic heterocycles. The van der Waals surface area contributed by atoms with Crippen LogP contribution < -0.4 is 5.32 Å². The summed E-state index contributed by atoms with van der Waals surface area (Å²) in [4.78, 5) is 4.16. The molecule has 0 saturated carbocycles. The first kappa shape index (κ1) is 10.3. The van der Waals surface area contributed by atoms with E-state index in [4.69, 9.17) is 0 Å². The molecule has 2 aromatic rings. The van der Waals surface area contributed by atoms with Gasteiger partial charge in [0.05, 0.1) is 6.04 Å². The van der Waals surface area contributed by atoms with Crippen LogP contribution >= 0.6 is 0 Å². The Labute approximate surface area is 100 Å². The zero-order valence-electron chi connectivity index (χ0n) is 9.43. The molecular weight excluding hydrogens is 212 g/mol. The lowest BCUT2D eigenvalue weighted by atomic mass is 9.90. The highest BCUT2D eigenvalue weighted by molar-refractivity contribution is 5.42. The zero-order valence-corrected chi connectivity index (χ0v) is 9.43. The van der Waals surface area contributed by atoms with Crippen LogP contribution in [0.1, 0.15) is 22.7 Å². The topological polar surface area (TPSA) is 45.1 Å². The summed E-state index contributed by atoms with van der Waals surface area (Å²) in [7, 11) is 0. The second kappa shape index (κ2) is 4.18. The summed E-state index contributed by atoms with van der Waals surface area (Å²) in [5.74, 6) is 0.343. The van der Waals surface area contributed by atoms with E-state index in [-0.39, 0.29) is 6.04 Å². The predicted molar refractivity (Wildman–Crippen MR) is 65.9 cm³/mol. The minimum Gasteiger partial charge on any atom is -0.508 e. The molecule has 3 heteroatoms. The number of benzene rings is 1. The molecule has 0 aliphatic carbocycles. The number of aromatic nitrogens is 1. The highest BCUT2D eigenvalue weighted by Crippen LogP contribution is 2.30. The number of phenols is 1. The lowest BCUT2D eigenvalue weighted by molar-refractivity contribution is 0.471. The van der Waals surface area contributed by atoms with E-state index < -0.39 is 0 Å². The van der Waals surface area contributed by atoms with Crippen LogP contribution in [0.5, 0.6) is 5.75 Å². The average molecular weight is 226 g/mol. The molecule has 1 atom stereocenters. The third kappa shape index (κ3) is 1.89. The molecule has 3 rings (SSSR count). The number of pyridine rings is 1. The molecule has 0 radical (unpaired) electrons. The lowest BCUT2D eigenvalue weighted by Crippen LogP contribution is -2.30. The molecule has 1 aromatic heterocycles. The number of hydrogen-bond acceptors (Lipinski definition) is 3. The molecule has 0 unspecified atom stereocenters. The molecule has 2 N–H and O–H groups in total. The van der Waals surface area contributed by atoms with Crippen molar-refractivity contribution in [1.29, 1.82) is 0 Å². The fourth-order valence-electron chi connectivity index (χ4n) is 2.40. The number of fused-ring (bicyclic) bond motifs is 1. The fraction of sp³-hybridized carbons (Fsp3) is 0.214. The smallest absolute Gasteiger partial charge is 0.115 e. The van der Waals surface area contributed by atoms with Crippen molar-refractivity contribution in [2.45, 2.75) is 12.5 Å². The van der Waals surface area contributed by atoms with Crippen LogP contribution in [0.25, 0.3) is 0 Å². The highest BCUT2D eigenvalue weighted by atomic mass is 16.3. The van der Waals surface area contributed by atoms with E-state index >= 15 is 0 Å². The Kier molecular flexibility index (Phi) is 2.53. The van der Waals surface area contributed by atoms with E-state index in [0.29, 0.717) is 5.75 Å². The van der Waals surface area contributed by atoms with Crippen LogP contribution in [-0.4, -0.2) is 16.6 Å². The SMILES string of the molecule is Oc1ccc2c(c1)CCN[C@H]2c1cccnc1. The van der Waals surface area contributed by atoms with Crippen LogP contribution in [0.3, 0.4) is 0 Å². The number of aromatic hydroxyl groups is 1. The normalized spacial score (nSPS) is 18.7. The number of rotatable bonds is 1. The van der Waals surface area contributed by atoms with Crippen LogP contribution in [-0.2, 0) is 6.42 Å². The third-order valence-electron chi connectivity index (χ3n) is 3.20. The summed E-state index contributed by atoms with van der Waals surface area (Å²) < 4.78 is 0. The van der Waals surface area contributed by atoms with E-state index in [1.165, 1.54) is 16.7 Å². The molecule has 1 aliphatic rings. The molecule has 17 heavy (non-hydrogen) atoms. The van der Waals surface area contributed by atoms with Gasteiger partial charge in [0.1, 0.15) is 5.75 Å². The highest BCUT2D eigenvalue weighted by Gasteiger charge is 2.21. The van der Waals surface area contributed by atoms with Crippen molar-refractivity contribution in [2.75, 3.05) is 6.54 Å². The first-order valence-corrected chi connectivity index (χ1v) is 5.80. The maximum absolute atomic E-state index is 9.51. The van der Waals surface area contributed by atoms with Gasteiger partial charge in [-0.05, 0) is 41.3 Å². The van der Waals surface area contributed by atoms with E-state index in [9.17, 15) is 5.11 Å². The van der Waals surface area contributed by atoms with E-state index in [0.717, 1.165) is 13.0 Å². The first-order chi connectivity index (χ1) is 8.34. The van der Waals surface area contributed by atoms with Gasteiger partial charge in [-0.25, -0.2) is 0 Å². The second-order valence-corrected chi connectivity index (χ2v) is 4.31. The Bertz CT molecular complexity index is 525.